The highest BCUT2D eigenvalue weighted by Crippen LogP contribution is 2.38. The number of rotatable bonds is 4. The number of ether oxygens (including phenoxy) is 3. The van der Waals surface area contributed by atoms with Gasteiger partial charge in [-0.15, -0.1) is 0 Å². The topological polar surface area (TPSA) is 61.8 Å². The number of carbonyl (C=O) groups is 2. The van der Waals surface area contributed by atoms with Crippen LogP contribution in [0, 0.1) is 5.92 Å². The first-order valence-electron chi connectivity index (χ1n) is 9.57. The molecule has 3 unspecified atom stereocenters. The molecule has 1 saturated carbocycles. The molecule has 5 nitrogen and oxygen atoms in total. The smallest absolute Gasteiger partial charge is 0.342 e. The summed E-state index contributed by atoms with van der Waals surface area (Å²) in [5, 5.41) is 0.522. The molecular formula is C23H21ClO5. The third-order valence-corrected chi connectivity index (χ3v) is 5.80. The van der Waals surface area contributed by atoms with Gasteiger partial charge in [0.05, 0.1) is 24.9 Å². The predicted octanol–water partition coefficient (Wildman–Crippen LogP) is 4.68. The van der Waals surface area contributed by atoms with Gasteiger partial charge in [-0.2, -0.15) is 0 Å². The molecule has 0 saturated heterocycles. The van der Waals surface area contributed by atoms with Crippen molar-refractivity contribution in [2.75, 3.05) is 7.11 Å². The number of benzene rings is 2. The van der Waals surface area contributed by atoms with Gasteiger partial charge in [-0.05, 0) is 31.0 Å². The summed E-state index contributed by atoms with van der Waals surface area (Å²) in [5.41, 5.74) is 1.57. The molecule has 0 radical (unpaired) electrons. The summed E-state index contributed by atoms with van der Waals surface area (Å²) in [4.78, 5) is 25.6. The Morgan fingerprint density at radius 3 is 2.66 bits per heavy atom. The fourth-order valence-electron chi connectivity index (χ4n) is 3.97. The van der Waals surface area contributed by atoms with E-state index < -0.39 is 5.97 Å². The van der Waals surface area contributed by atoms with Crippen LogP contribution in [0.1, 0.15) is 35.2 Å². The van der Waals surface area contributed by atoms with Crippen molar-refractivity contribution in [3.63, 3.8) is 0 Å². The monoisotopic (exact) mass is 412 g/mol. The maximum absolute atomic E-state index is 13.0. The van der Waals surface area contributed by atoms with E-state index >= 15 is 0 Å². The van der Waals surface area contributed by atoms with Crippen LogP contribution in [-0.2, 0) is 14.3 Å². The molecular weight excluding hydrogens is 392 g/mol. The molecule has 3 atom stereocenters. The maximum Gasteiger partial charge on any atom is 0.342 e. The summed E-state index contributed by atoms with van der Waals surface area (Å²) in [6.07, 6.45) is 2.55. The highest BCUT2D eigenvalue weighted by atomic mass is 35.5. The second-order valence-electron chi connectivity index (χ2n) is 7.20. The van der Waals surface area contributed by atoms with E-state index in [0.29, 0.717) is 46.7 Å². The lowest BCUT2D eigenvalue weighted by molar-refractivity contribution is -0.126. The Balaban J connectivity index is 1.46. The number of hydrogen-bond acceptors (Lipinski definition) is 5. The van der Waals surface area contributed by atoms with Crippen LogP contribution in [-0.4, -0.2) is 31.1 Å². The van der Waals surface area contributed by atoms with E-state index in [1.807, 2.05) is 18.2 Å². The van der Waals surface area contributed by atoms with Crippen LogP contribution < -0.4 is 4.74 Å². The van der Waals surface area contributed by atoms with Gasteiger partial charge in [-0.3, -0.25) is 4.79 Å². The average Bonchev–Trinajstić information content (AvgIpc) is 2.74. The van der Waals surface area contributed by atoms with Gasteiger partial charge in [0.15, 0.2) is 5.78 Å². The van der Waals surface area contributed by atoms with E-state index in [9.17, 15) is 9.59 Å². The summed E-state index contributed by atoms with van der Waals surface area (Å²) in [6, 6.07) is 14.2. The molecule has 4 rings (SSSR count). The number of Topliss-reactive ketones (excluding diaryl/α,β-unsaturated/α-hetero) is 1. The van der Waals surface area contributed by atoms with Crippen molar-refractivity contribution in [2.45, 2.75) is 31.5 Å². The number of ketones is 1. The van der Waals surface area contributed by atoms with Gasteiger partial charge in [-0.1, -0.05) is 41.9 Å². The van der Waals surface area contributed by atoms with Crippen molar-refractivity contribution in [3.8, 4) is 5.75 Å². The van der Waals surface area contributed by atoms with Crippen molar-refractivity contribution in [3.05, 3.63) is 70.9 Å². The van der Waals surface area contributed by atoms with Gasteiger partial charge >= 0.3 is 5.97 Å². The van der Waals surface area contributed by atoms with E-state index in [-0.39, 0.29) is 23.9 Å². The number of methoxy groups -OCH3 is 1. The van der Waals surface area contributed by atoms with Gasteiger partial charge in [0.1, 0.15) is 23.5 Å². The molecule has 2 aliphatic rings. The van der Waals surface area contributed by atoms with Crippen LogP contribution >= 0.6 is 11.6 Å². The Hall–Kier alpha value is -2.79. The summed E-state index contributed by atoms with van der Waals surface area (Å²) >= 11 is 6.25. The van der Waals surface area contributed by atoms with Gasteiger partial charge in [0.25, 0.3) is 0 Å². The Bertz CT molecular complexity index is 967. The largest absolute Gasteiger partial charge is 0.496 e. The second kappa shape index (κ2) is 8.29. The number of para-hydroxylation sites is 1. The van der Waals surface area contributed by atoms with Crippen molar-refractivity contribution < 1.29 is 23.8 Å². The number of hydrogen-bond donors (Lipinski definition) is 0. The maximum atomic E-state index is 13.0. The molecule has 2 aromatic rings. The molecule has 0 N–H and O–H groups in total. The zero-order valence-electron chi connectivity index (χ0n) is 16.0. The lowest BCUT2D eigenvalue weighted by Gasteiger charge is -2.37. The molecule has 0 amide bonds. The highest BCUT2D eigenvalue weighted by molar-refractivity contribution is 6.35. The van der Waals surface area contributed by atoms with Crippen LogP contribution in [0.2, 0.25) is 5.02 Å². The highest BCUT2D eigenvalue weighted by Gasteiger charge is 2.41. The number of halogens is 1. The molecule has 29 heavy (non-hydrogen) atoms. The number of fused-ring (bicyclic) bond motifs is 1. The Morgan fingerprint density at radius 2 is 1.86 bits per heavy atom. The second-order valence-corrected chi connectivity index (χ2v) is 7.60. The molecule has 0 aromatic heterocycles. The minimum Gasteiger partial charge on any atom is -0.496 e. The van der Waals surface area contributed by atoms with Crippen LogP contribution in [0.15, 0.2) is 54.8 Å². The minimum absolute atomic E-state index is 0.0313. The molecule has 6 heteroatoms. The zero-order valence-corrected chi connectivity index (χ0v) is 16.7. The predicted molar refractivity (Wildman–Crippen MR) is 109 cm³/mol. The standard InChI is InChI=1S/C23H21ClO5/c1-27-20-9-5-3-7-17(20)23(26)29-14-10-11-16-21(12-14)28-13-18(22(16)25)15-6-2-4-8-19(15)24/h2-9,13-14,16,21H,10-12H2,1H3. The molecule has 1 fully saturated rings. The molecule has 0 bridgehead atoms. The van der Waals surface area contributed by atoms with Crippen molar-refractivity contribution in [1.82, 2.24) is 0 Å². The van der Waals surface area contributed by atoms with Crippen molar-refractivity contribution in [2.24, 2.45) is 5.92 Å². The van der Waals surface area contributed by atoms with E-state index in [1.165, 1.54) is 13.4 Å². The molecule has 0 spiro atoms. The summed E-state index contributed by atoms with van der Waals surface area (Å²) in [5.74, 6) is -0.181. The number of carbonyl (C=O) groups excluding carboxylic acids is 2. The van der Waals surface area contributed by atoms with Gasteiger partial charge in [-0.25, -0.2) is 4.79 Å². The molecule has 1 aliphatic heterocycles. The van der Waals surface area contributed by atoms with E-state index in [2.05, 4.69) is 0 Å². The molecule has 1 heterocycles. The summed E-state index contributed by atoms with van der Waals surface area (Å²) in [7, 11) is 1.52. The SMILES string of the molecule is COc1ccccc1C(=O)OC1CCC2C(=O)C(c3ccccc3Cl)=COC2C1. The lowest BCUT2D eigenvalue weighted by Crippen LogP contribution is -2.42. The Labute approximate surface area is 174 Å². The first kappa shape index (κ1) is 19.5. The zero-order chi connectivity index (χ0) is 20.4. The Kier molecular flexibility index (Phi) is 5.58. The third kappa shape index (κ3) is 3.87. The van der Waals surface area contributed by atoms with Crippen LogP contribution in [0.4, 0.5) is 0 Å². The van der Waals surface area contributed by atoms with Crippen molar-refractivity contribution >= 4 is 28.9 Å². The lowest BCUT2D eigenvalue weighted by atomic mass is 9.78. The first-order valence-corrected chi connectivity index (χ1v) is 9.95. The summed E-state index contributed by atoms with van der Waals surface area (Å²) in [6.45, 7) is 0. The van der Waals surface area contributed by atoms with Gasteiger partial charge in [0.2, 0.25) is 0 Å². The average molecular weight is 413 g/mol. The molecule has 1 aliphatic carbocycles. The number of allylic oxidation sites excluding steroid dienone is 1. The van der Waals surface area contributed by atoms with E-state index in [4.69, 9.17) is 25.8 Å². The van der Waals surface area contributed by atoms with E-state index in [0.717, 1.165) is 0 Å². The fraction of sp³-hybridized carbons (Fsp3) is 0.304. The third-order valence-electron chi connectivity index (χ3n) is 5.47. The number of esters is 1. The van der Waals surface area contributed by atoms with Crippen LogP contribution in [0.5, 0.6) is 5.75 Å². The minimum atomic E-state index is -0.430. The normalized spacial score (nSPS) is 23.4. The first-order chi connectivity index (χ1) is 14.1. The van der Waals surface area contributed by atoms with Crippen LogP contribution in [0.25, 0.3) is 5.57 Å². The van der Waals surface area contributed by atoms with Gasteiger partial charge in [0, 0.05) is 17.0 Å². The van der Waals surface area contributed by atoms with Gasteiger partial charge < -0.3 is 14.2 Å². The molecule has 2 aromatic carbocycles. The Morgan fingerprint density at radius 1 is 1.10 bits per heavy atom. The van der Waals surface area contributed by atoms with E-state index in [1.54, 1.807) is 30.3 Å². The van der Waals surface area contributed by atoms with Crippen LogP contribution in [0.3, 0.4) is 0 Å². The quantitative estimate of drug-likeness (QED) is 0.682. The van der Waals surface area contributed by atoms with Crippen molar-refractivity contribution in [1.29, 1.82) is 0 Å². The summed E-state index contributed by atoms with van der Waals surface area (Å²) < 4.78 is 16.8. The fourth-order valence-corrected chi connectivity index (χ4v) is 4.20. The molecule has 150 valence electrons.